The van der Waals surface area contributed by atoms with Crippen molar-refractivity contribution >= 4 is 18.7 Å². The lowest BCUT2D eigenvalue weighted by Crippen LogP contribution is -2.22. The molecule has 0 fully saturated rings. The van der Waals surface area contributed by atoms with Gasteiger partial charge < -0.3 is 10.1 Å². The first-order valence-electron chi connectivity index (χ1n) is 4.66. The van der Waals surface area contributed by atoms with E-state index in [9.17, 15) is 4.79 Å². The lowest BCUT2D eigenvalue weighted by atomic mass is 10.0. The van der Waals surface area contributed by atoms with E-state index in [2.05, 4.69) is 17.9 Å². The van der Waals surface area contributed by atoms with Crippen LogP contribution in [0.1, 0.15) is 16.7 Å². The number of amides is 1. The Balaban J connectivity index is 3.15. The summed E-state index contributed by atoms with van der Waals surface area (Å²) in [6.45, 7) is 5.96. The number of benzene rings is 1. The highest BCUT2D eigenvalue weighted by Gasteiger charge is 2.11. The Hall–Kier alpha value is -1.16. The van der Waals surface area contributed by atoms with Crippen molar-refractivity contribution in [3.63, 3.8) is 0 Å². The SMILES string of the molecule is CNC(=O)Oc1cc(C)c(C)c(C)c1S. The molecule has 1 N–H and O–H groups in total. The van der Waals surface area contributed by atoms with Crippen LogP contribution in [0.5, 0.6) is 5.75 Å². The average Bonchev–Trinajstić information content (AvgIpc) is 2.22. The van der Waals surface area contributed by atoms with Gasteiger partial charge in [0, 0.05) is 7.05 Å². The molecule has 1 rings (SSSR count). The van der Waals surface area contributed by atoms with Gasteiger partial charge in [0.25, 0.3) is 0 Å². The molecule has 0 aromatic heterocycles. The first-order valence-corrected chi connectivity index (χ1v) is 5.11. The Morgan fingerprint density at radius 2 is 1.93 bits per heavy atom. The summed E-state index contributed by atoms with van der Waals surface area (Å²) in [7, 11) is 1.52. The second-order valence-corrected chi connectivity index (χ2v) is 3.88. The third-order valence-corrected chi connectivity index (χ3v) is 3.05. The van der Waals surface area contributed by atoms with E-state index in [1.54, 1.807) is 0 Å². The van der Waals surface area contributed by atoms with E-state index in [-0.39, 0.29) is 0 Å². The number of carbonyl (C=O) groups is 1. The van der Waals surface area contributed by atoms with Gasteiger partial charge in [0.1, 0.15) is 5.75 Å². The lowest BCUT2D eigenvalue weighted by molar-refractivity contribution is 0.202. The van der Waals surface area contributed by atoms with Crippen LogP contribution in [-0.4, -0.2) is 13.1 Å². The lowest BCUT2D eigenvalue weighted by Gasteiger charge is -2.12. The highest BCUT2D eigenvalue weighted by molar-refractivity contribution is 7.80. The third kappa shape index (κ3) is 2.45. The molecular weight excluding hydrogens is 210 g/mol. The maximum atomic E-state index is 11.1. The summed E-state index contributed by atoms with van der Waals surface area (Å²) in [6, 6.07) is 1.82. The minimum atomic E-state index is -0.479. The molecule has 0 bridgehead atoms. The number of nitrogens with one attached hydrogen (secondary N) is 1. The summed E-state index contributed by atoms with van der Waals surface area (Å²) >= 11 is 4.34. The molecule has 0 radical (unpaired) electrons. The molecule has 0 saturated carbocycles. The predicted octanol–water partition coefficient (Wildman–Crippen LogP) is 2.62. The van der Waals surface area contributed by atoms with Gasteiger partial charge in [0.15, 0.2) is 0 Å². The summed E-state index contributed by atoms with van der Waals surface area (Å²) in [6.07, 6.45) is -0.479. The molecule has 0 aliphatic carbocycles. The summed E-state index contributed by atoms with van der Waals surface area (Å²) in [5.41, 5.74) is 3.30. The number of ether oxygens (including phenoxy) is 1. The van der Waals surface area contributed by atoms with Gasteiger partial charge in [-0.05, 0) is 43.5 Å². The molecule has 0 heterocycles. The third-order valence-electron chi connectivity index (χ3n) is 2.50. The van der Waals surface area contributed by atoms with E-state index in [1.165, 1.54) is 12.6 Å². The van der Waals surface area contributed by atoms with Gasteiger partial charge in [-0.1, -0.05) is 0 Å². The van der Waals surface area contributed by atoms with Gasteiger partial charge >= 0.3 is 6.09 Å². The molecule has 1 aromatic carbocycles. The van der Waals surface area contributed by atoms with Crippen LogP contribution >= 0.6 is 12.6 Å². The zero-order chi connectivity index (χ0) is 11.6. The Morgan fingerprint density at radius 1 is 1.33 bits per heavy atom. The zero-order valence-corrected chi connectivity index (χ0v) is 10.2. The van der Waals surface area contributed by atoms with Crippen LogP contribution in [0.4, 0.5) is 4.79 Å². The molecule has 1 amide bonds. The predicted molar refractivity (Wildman–Crippen MR) is 63.0 cm³/mol. The second-order valence-electron chi connectivity index (χ2n) is 3.43. The van der Waals surface area contributed by atoms with E-state index in [0.717, 1.165) is 11.1 Å². The summed E-state index contributed by atoms with van der Waals surface area (Å²) in [4.78, 5) is 11.8. The molecule has 82 valence electrons. The molecule has 0 atom stereocenters. The smallest absolute Gasteiger partial charge is 0.409 e. The van der Waals surface area contributed by atoms with E-state index >= 15 is 0 Å². The van der Waals surface area contributed by atoms with Gasteiger partial charge in [-0.25, -0.2) is 4.79 Å². The van der Waals surface area contributed by atoms with Crippen molar-refractivity contribution in [2.75, 3.05) is 7.05 Å². The number of hydrogen-bond donors (Lipinski definition) is 2. The fraction of sp³-hybridized carbons (Fsp3) is 0.364. The fourth-order valence-corrected chi connectivity index (χ4v) is 1.54. The number of thiol groups is 1. The first-order chi connectivity index (χ1) is 6.97. The summed E-state index contributed by atoms with van der Waals surface area (Å²) in [5.74, 6) is 0.498. The number of aryl methyl sites for hydroxylation is 1. The average molecular weight is 225 g/mol. The Bertz CT molecular complexity index is 402. The normalized spacial score (nSPS) is 9.93. The molecule has 0 saturated heterocycles. The molecule has 15 heavy (non-hydrogen) atoms. The van der Waals surface area contributed by atoms with E-state index in [4.69, 9.17) is 4.74 Å². The Labute approximate surface area is 95.2 Å². The largest absolute Gasteiger partial charge is 0.412 e. The number of carbonyl (C=O) groups excluding carboxylic acids is 1. The maximum absolute atomic E-state index is 11.1. The molecule has 0 aliphatic rings. The van der Waals surface area contributed by atoms with E-state index < -0.39 is 6.09 Å². The van der Waals surface area contributed by atoms with Crippen molar-refractivity contribution in [1.29, 1.82) is 0 Å². The molecule has 3 nitrogen and oxygen atoms in total. The molecule has 4 heteroatoms. The van der Waals surface area contributed by atoms with Gasteiger partial charge in [0.05, 0.1) is 4.90 Å². The highest BCUT2D eigenvalue weighted by Crippen LogP contribution is 2.30. The van der Waals surface area contributed by atoms with Crippen molar-refractivity contribution in [3.8, 4) is 5.75 Å². The van der Waals surface area contributed by atoms with Crippen LogP contribution in [0.2, 0.25) is 0 Å². The molecule has 0 aliphatic heterocycles. The van der Waals surface area contributed by atoms with Crippen LogP contribution in [0, 0.1) is 20.8 Å². The van der Waals surface area contributed by atoms with Crippen molar-refractivity contribution < 1.29 is 9.53 Å². The monoisotopic (exact) mass is 225 g/mol. The second kappa shape index (κ2) is 4.57. The number of rotatable bonds is 1. The fourth-order valence-electron chi connectivity index (χ4n) is 1.26. The quantitative estimate of drug-likeness (QED) is 0.721. The minimum Gasteiger partial charge on any atom is -0.409 e. The summed E-state index contributed by atoms with van der Waals surface area (Å²) < 4.78 is 5.08. The van der Waals surface area contributed by atoms with Gasteiger partial charge in [-0.2, -0.15) is 0 Å². The van der Waals surface area contributed by atoms with Gasteiger partial charge in [-0.3, -0.25) is 0 Å². The van der Waals surface area contributed by atoms with E-state index in [0.29, 0.717) is 10.6 Å². The van der Waals surface area contributed by atoms with Crippen molar-refractivity contribution in [1.82, 2.24) is 5.32 Å². The van der Waals surface area contributed by atoms with Crippen molar-refractivity contribution in [3.05, 3.63) is 22.8 Å². The Morgan fingerprint density at radius 3 is 2.47 bits per heavy atom. The van der Waals surface area contributed by atoms with Crippen molar-refractivity contribution in [2.24, 2.45) is 0 Å². The van der Waals surface area contributed by atoms with Crippen LogP contribution in [0.25, 0.3) is 0 Å². The molecule has 1 aromatic rings. The van der Waals surface area contributed by atoms with E-state index in [1.807, 2.05) is 26.8 Å². The van der Waals surface area contributed by atoms with Crippen LogP contribution in [0.3, 0.4) is 0 Å². The van der Waals surface area contributed by atoms with Crippen LogP contribution < -0.4 is 10.1 Å². The topological polar surface area (TPSA) is 38.3 Å². The standard InChI is InChI=1S/C11H15NO2S/c1-6-5-9(14-11(13)12-4)10(15)8(3)7(6)2/h5,15H,1-4H3,(H,12,13). The van der Waals surface area contributed by atoms with Gasteiger partial charge in [-0.15, -0.1) is 12.6 Å². The van der Waals surface area contributed by atoms with Crippen molar-refractivity contribution in [2.45, 2.75) is 25.7 Å². The molecular formula is C11H15NO2S. The van der Waals surface area contributed by atoms with Gasteiger partial charge in [0.2, 0.25) is 0 Å². The molecule has 0 spiro atoms. The molecule has 0 unspecified atom stereocenters. The first kappa shape index (κ1) is 11.9. The summed E-state index contributed by atoms with van der Waals surface area (Å²) in [5, 5.41) is 2.40. The van der Waals surface area contributed by atoms with Crippen LogP contribution in [0.15, 0.2) is 11.0 Å². The Kier molecular flexibility index (Phi) is 3.63. The zero-order valence-electron chi connectivity index (χ0n) is 9.34. The van der Waals surface area contributed by atoms with Crippen LogP contribution in [-0.2, 0) is 0 Å². The minimum absolute atomic E-state index is 0.479. The highest BCUT2D eigenvalue weighted by atomic mass is 32.1. The number of hydrogen-bond acceptors (Lipinski definition) is 3. The maximum Gasteiger partial charge on any atom is 0.412 e.